The first-order chi connectivity index (χ1) is 12.9. The maximum absolute atomic E-state index is 4.88. The summed E-state index contributed by atoms with van der Waals surface area (Å²) in [4.78, 5) is 7.44. The Kier molecular flexibility index (Phi) is 7.07. The highest BCUT2D eigenvalue weighted by atomic mass is 15.3. The fourth-order valence-corrected chi connectivity index (χ4v) is 3.40. The zero-order chi connectivity index (χ0) is 18.0. The van der Waals surface area contributed by atoms with Crippen LogP contribution in [0.2, 0.25) is 0 Å². The fraction of sp³-hybridized carbons (Fsp3) is 0.500. The van der Waals surface area contributed by atoms with Crippen molar-refractivity contribution in [2.45, 2.75) is 32.4 Å². The third kappa shape index (κ3) is 5.33. The van der Waals surface area contributed by atoms with Crippen LogP contribution < -0.4 is 10.6 Å². The van der Waals surface area contributed by atoms with Gasteiger partial charge in [-0.15, -0.1) is 0 Å². The minimum absolute atomic E-state index is 0.347. The second-order valence-corrected chi connectivity index (χ2v) is 6.59. The molecule has 0 bridgehead atoms. The monoisotopic (exact) mass is 354 g/mol. The third-order valence-corrected chi connectivity index (χ3v) is 4.72. The molecule has 2 aromatic rings. The molecule has 3 rings (SSSR count). The van der Waals surface area contributed by atoms with Crippen LogP contribution in [0.15, 0.2) is 53.8 Å². The van der Waals surface area contributed by atoms with Gasteiger partial charge in [0.05, 0.1) is 19.1 Å². The number of aliphatic imine (C=N–C) groups is 1. The number of guanidine groups is 1. The van der Waals surface area contributed by atoms with E-state index >= 15 is 0 Å². The maximum atomic E-state index is 4.88. The van der Waals surface area contributed by atoms with E-state index in [1.807, 2.05) is 16.9 Å². The van der Waals surface area contributed by atoms with Crippen molar-refractivity contribution in [3.05, 3.63) is 54.4 Å². The first kappa shape index (κ1) is 18.5. The Balaban J connectivity index is 1.62. The van der Waals surface area contributed by atoms with E-state index in [-0.39, 0.29) is 0 Å². The molecule has 26 heavy (non-hydrogen) atoms. The third-order valence-electron chi connectivity index (χ3n) is 4.72. The molecule has 0 aliphatic carbocycles. The SMILES string of the molecule is CCNC(=NCC(c1ccccc1)N1CCCC1)NCCn1cccn1. The summed E-state index contributed by atoms with van der Waals surface area (Å²) in [7, 11) is 0. The Morgan fingerprint density at radius 1 is 1.15 bits per heavy atom. The molecule has 0 radical (unpaired) electrons. The van der Waals surface area contributed by atoms with Gasteiger partial charge in [-0.1, -0.05) is 30.3 Å². The van der Waals surface area contributed by atoms with Crippen LogP contribution >= 0.6 is 0 Å². The average molecular weight is 355 g/mol. The number of hydrogen-bond donors (Lipinski definition) is 2. The second kappa shape index (κ2) is 9.97. The number of nitrogens with zero attached hydrogens (tertiary/aromatic N) is 4. The van der Waals surface area contributed by atoms with E-state index in [4.69, 9.17) is 4.99 Å². The molecule has 1 aromatic heterocycles. The van der Waals surface area contributed by atoms with Crippen molar-refractivity contribution < 1.29 is 0 Å². The molecular weight excluding hydrogens is 324 g/mol. The smallest absolute Gasteiger partial charge is 0.191 e. The van der Waals surface area contributed by atoms with E-state index in [9.17, 15) is 0 Å². The van der Waals surface area contributed by atoms with E-state index in [1.165, 1.54) is 31.5 Å². The Hall–Kier alpha value is -2.34. The van der Waals surface area contributed by atoms with Crippen LogP contribution in [0.5, 0.6) is 0 Å². The Morgan fingerprint density at radius 2 is 1.96 bits per heavy atom. The topological polar surface area (TPSA) is 57.5 Å². The summed E-state index contributed by atoms with van der Waals surface area (Å²) in [6.07, 6.45) is 6.36. The van der Waals surface area contributed by atoms with E-state index in [0.717, 1.165) is 32.1 Å². The molecular formula is C20H30N6. The van der Waals surface area contributed by atoms with Crippen molar-refractivity contribution in [3.63, 3.8) is 0 Å². The molecule has 1 aliphatic heterocycles. The quantitative estimate of drug-likeness (QED) is 0.564. The zero-order valence-electron chi connectivity index (χ0n) is 15.6. The van der Waals surface area contributed by atoms with Crippen molar-refractivity contribution in [3.8, 4) is 0 Å². The van der Waals surface area contributed by atoms with E-state index in [2.05, 4.69) is 57.9 Å². The Labute approximate surface area is 156 Å². The molecule has 140 valence electrons. The van der Waals surface area contributed by atoms with E-state index in [0.29, 0.717) is 6.04 Å². The number of likely N-dealkylation sites (tertiary alicyclic amines) is 1. The molecule has 1 atom stereocenters. The largest absolute Gasteiger partial charge is 0.357 e. The van der Waals surface area contributed by atoms with Gasteiger partial charge in [-0.05, 0) is 44.5 Å². The molecule has 0 amide bonds. The van der Waals surface area contributed by atoms with Crippen molar-refractivity contribution in [1.29, 1.82) is 0 Å². The molecule has 1 aromatic carbocycles. The molecule has 0 saturated carbocycles. The predicted octanol–water partition coefficient (Wildman–Crippen LogP) is 2.28. The van der Waals surface area contributed by atoms with Crippen LogP contribution in [0.4, 0.5) is 0 Å². The van der Waals surface area contributed by atoms with Crippen molar-refractivity contribution in [2.75, 3.05) is 32.7 Å². The number of benzene rings is 1. The van der Waals surface area contributed by atoms with Gasteiger partial charge in [0, 0.05) is 25.5 Å². The standard InChI is InChI=1S/C20H30N6/c1-2-21-20(22-12-16-26-15-8-11-24-26)23-17-19(25-13-6-7-14-25)18-9-4-3-5-10-18/h3-5,8-11,15,19H,2,6-7,12-14,16-17H2,1H3,(H2,21,22,23). The van der Waals surface area contributed by atoms with Crippen LogP contribution in [0, 0.1) is 0 Å². The lowest BCUT2D eigenvalue weighted by atomic mass is 10.1. The first-order valence-corrected chi connectivity index (χ1v) is 9.65. The minimum atomic E-state index is 0.347. The highest BCUT2D eigenvalue weighted by Crippen LogP contribution is 2.25. The highest BCUT2D eigenvalue weighted by molar-refractivity contribution is 5.79. The summed E-state index contributed by atoms with van der Waals surface area (Å²) in [5, 5.41) is 11.0. The summed E-state index contributed by atoms with van der Waals surface area (Å²) in [6.45, 7) is 7.67. The molecule has 0 spiro atoms. The molecule has 6 nitrogen and oxygen atoms in total. The van der Waals surface area contributed by atoms with Gasteiger partial charge in [0.2, 0.25) is 0 Å². The van der Waals surface area contributed by atoms with Gasteiger partial charge in [-0.25, -0.2) is 0 Å². The maximum Gasteiger partial charge on any atom is 0.191 e. The van der Waals surface area contributed by atoms with Gasteiger partial charge >= 0.3 is 0 Å². The molecule has 1 unspecified atom stereocenters. The van der Waals surface area contributed by atoms with E-state index < -0.39 is 0 Å². The zero-order valence-corrected chi connectivity index (χ0v) is 15.6. The highest BCUT2D eigenvalue weighted by Gasteiger charge is 2.23. The number of hydrogen-bond acceptors (Lipinski definition) is 3. The number of aromatic nitrogens is 2. The summed E-state index contributed by atoms with van der Waals surface area (Å²) in [5.41, 5.74) is 1.35. The normalized spacial score (nSPS) is 16.6. The summed E-state index contributed by atoms with van der Waals surface area (Å²) in [6, 6.07) is 13.0. The van der Waals surface area contributed by atoms with Gasteiger partial charge in [0.15, 0.2) is 5.96 Å². The van der Waals surface area contributed by atoms with Crippen LogP contribution in [-0.2, 0) is 6.54 Å². The van der Waals surface area contributed by atoms with Gasteiger partial charge in [0.25, 0.3) is 0 Å². The van der Waals surface area contributed by atoms with E-state index in [1.54, 1.807) is 6.20 Å². The van der Waals surface area contributed by atoms with Gasteiger partial charge < -0.3 is 10.6 Å². The van der Waals surface area contributed by atoms with Crippen LogP contribution in [0.1, 0.15) is 31.4 Å². The second-order valence-electron chi connectivity index (χ2n) is 6.59. The Morgan fingerprint density at radius 3 is 2.65 bits per heavy atom. The minimum Gasteiger partial charge on any atom is -0.357 e. The van der Waals surface area contributed by atoms with Crippen molar-refractivity contribution >= 4 is 5.96 Å². The van der Waals surface area contributed by atoms with Crippen molar-refractivity contribution in [1.82, 2.24) is 25.3 Å². The van der Waals surface area contributed by atoms with Crippen LogP contribution in [0.3, 0.4) is 0 Å². The van der Waals surface area contributed by atoms with Crippen LogP contribution in [-0.4, -0.2) is 53.4 Å². The number of rotatable bonds is 8. The molecule has 2 N–H and O–H groups in total. The fourth-order valence-electron chi connectivity index (χ4n) is 3.40. The molecule has 2 heterocycles. The lowest BCUT2D eigenvalue weighted by Crippen LogP contribution is -2.39. The summed E-state index contributed by atoms with van der Waals surface area (Å²) < 4.78 is 1.92. The van der Waals surface area contributed by atoms with Crippen LogP contribution in [0.25, 0.3) is 0 Å². The summed E-state index contributed by atoms with van der Waals surface area (Å²) in [5.74, 6) is 0.875. The molecule has 1 fully saturated rings. The van der Waals surface area contributed by atoms with Crippen molar-refractivity contribution in [2.24, 2.45) is 4.99 Å². The lowest BCUT2D eigenvalue weighted by Gasteiger charge is -2.27. The molecule has 6 heteroatoms. The molecule has 1 saturated heterocycles. The van der Waals surface area contributed by atoms with Gasteiger partial charge in [-0.2, -0.15) is 5.10 Å². The lowest BCUT2D eigenvalue weighted by molar-refractivity contribution is 0.251. The average Bonchev–Trinajstić information content (AvgIpc) is 3.37. The summed E-state index contributed by atoms with van der Waals surface area (Å²) >= 11 is 0. The van der Waals surface area contributed by atoms with Gasteiger partial charge in [0.1, 0.15) is 0 Å². The Bertz CT molecular complexity index is 646. The van der Waals surface area contributed by atoms with Gasteiger partial charge in [-0.3, -0.25) is 14.6 Å². The number of nitrogens with one attached hydrogen (secondary N) is 2. The predicted molar refractivity (Wildman–Crippen MR) is 106 cm³/mol. The molecule has 1 aliphatic rings. The first-order valence-electron chi connectivity index (χ1n) is 9.65.